The van der Waals surface area contributed by atoms with Gasteiger partial charge in [0.1, 0.15) is 0 Å². The summed E-state index contributed by atoms with van der Waals surface area (Å²) in [6.45, 7) is 3.87. The maximum atomic E-state index is 13.0. The Morgan fingerprint density at radius 1 is 1.24 bits per heavy atom. The molecule has 0 atom stereocenters. The molecule has 1 aliphatic heterocycles. The van der Waals surface area contributed by atoms with Gasteiger partial charge in [-0.05, 0) is 48.7 Å². The van der Waals surface area contributed by atoms with Crippen LogP contribution in [0.15, 0.2) is 54.9 Å². The third-order valence-corrected chi connectivity index (χ3v) is 4.84. The molecular formula is C21H21N3O. The predicted molar refractivity (Wildman–Crippen MR) is 101 cm³/mol. The van der Waals surface area contributed by atoms with Crippen LogP contribution in [-0.2, 0) is 6.42 Å². The molecule has 3 aromatic rings. The highest BCUT2D eigenvalue weighted by molar-refractivity contribution is 5.98. The van der Waals surface area contributed by atoms with E-state index in [1.165, 1.54) is 5.57 Å². The predicted octanol–water partition coefficient (Wildman–Crippen LogP) is 3.60. The van der Waals surface area contributed by atoms with Gasteiger partial charge in [-0.15, -0.1) is 0 Å². The van der Waals surface area contributed by atoms with Crippen molar-refractivity contribution in [1.82, 2.24) is 14.9 Å². The summed E-state index contributed by atoms with van der Waals surface area (Å²) in [5, 5.41) is 3.33. The van der Waals surface area contributed by atoms with Crippen molar-refractivity contribution in [1.29, 1.82) is 0 Å². The second-order valence-electron chi connectivity index (χ2n) is 6.46. The van der Waals surface area contributed by atoms with Gasteiger partial charge in [0.25, 0.3) is 0 Å². The molecule has 0 radical (unpaired) electrons. The number of benzene rings is 1. The van der Waals surface area contributed by atoms with Gasteiger partial charge in [0, 0.05) is 24.5 Å². The number of carbonyl (C=O) groups excluding carboxylic acids is 1. The summed E-state index contributed by atoms with van der Waals surface area (Å²) in [5.74, 6) is 0.0769. The van der Waals surface area contributed by atoms with Crippen molar-refractivity contribution < 1.29 is 4.79 Å². The third-order valence-electron chi connectivity index (χ3n) is 4.84. The Hall–Kier alpha value is -2.72. The molecule has 4 heteroatoms. The monoisotopic (exact) mass is 331 g/mol. The molecule has 0 bridgehead atoms. The Morgan fingerprint density at radius 2 is 2.12 bits per heavy atom. The Morgan fingerprint density at radius 3 is 2.92 bits per heavy atom. The highest BCUT2D eigenvalue weighted by Crippen LogP contribution is 2.28. The van der Waals surface area contributed by atoms with Crippen molar-refractivity contribution in [3.05, 3.63) is 71.6 Å². The average molecular weight is 331 g/mol. The molecule has 0 saturated carbocycles. The number of aromatic nitrogens is 2. The highest BCUT2D eigenvalue weighted by atomic mass is 16.2. The lowest BCUT2D eigenvalue weighted by molar-refractivity contribution is 0.0919. The fourth-order valence-electron chi connectivity index (χ4n) is 3.42. The molecule has 0 fully saturated rings. The third kappa shape index (κ3) is 3.01. The summed E-state index contributed by atoms with van der Waals surface area (Å²) >= 11 is 0. The van der Waals surface area contributed by atoms with Crippen LogP contribution < -0.4 is 5.32 Å². The van der Waals surface area contributed by atoms with Crippen molar-refractivity contribution in [3.8, 4) is 0 Å². The summed E-state index contributed by atoms with van der Waals surface area (Å²) in [6.07, 6.45) is 7.31. The van der Waals surface area contributed by atoms with Crippen LogP contribution in [0.5, 0.6) is 0 Å². The van der Waals surface area contributed by atoms with E-state index in [9.17, 15) is 4.79 Å². The topological polar surface area (TPSA) is 46.9 Å². The van der Waals surface area contributed by atoms with E-state index in [0.717, 1.165) is 47.2 Å². The molecule has 1 aromatic carbocycles. The fourth-order valence-corrected chi connectivity index (χ4v) is 3.42. The number of hydrogen-bond donors (Lipinski definition) is 1. The molecule has 3 heterocycles. The molecule has 2 aromatic heterocycles. The first-order valence-electron chi connectivity index (χ1n) is 8.68. The smallest absolute Gasteiger partial charge is 0.235 e. The van der Waals surface area contributed by atoms with E-state index in [4.69, 9.17) is 0 Å². The molecule has 0 unspecified atom stereocenters. The van der Waals surface area contributed by atoms with Gasteiger partial charge >= 0.3 is 0 Å². The maximum Gasteiger partial charge on any atom is 0.235 e. The van der Waals surface area contributed by atoms with Crippen molar-refractivity contribution in [2.75, 3.05) is 13.1 Å². The minimum absolute atomic E-state index is 0.0769. The minimum Gasteiger partial charge on any atom is -0.313 e. The zero-order valence-electron chi connectivity index (χ0n) is 14.3. The normalized spacial score (nSPS) is 14.5. The van der Waals surface area contributed by atoms with Crippen LogP contribution in [0.2, 0.25) is 0 Å². The molecule has 126 valence electrons. The van der Waals surface area contributed by atoms with E-state index in [-0.39, 0.29) is 5.91 Å². The summed E-state index contributed by atoms with van der Waals surface area (Å²) in [6, 6.07) is 11.9. The number of pyridine rings is 1. The van der Waals surface area contributed by atoms with Crippen LogP contribution in [-0.4, -0.2) is 28.5 Å². The largest absolute Gasteiger partial charge is 0.313 e. The number of fused-ring (bicyclic) bond motifs is 1. The second kappa shape index (κ2) is 6.65. The summed E-state index contributed by atoms with van der Waals surface area (Å²) in [7, 11) is 0. The van der Waals surface area contributed by atoms with Gasteiger partial charge < -0.3 is 5.32 Å². The average Bonchev–Trinajstić information content (AvgIpc) is 3.04. The molecule has 0 amide bonds. The van der Waals surface area contributed by atoms with Crippen LogP contribution in [0, 0.1) is 6.92 Å². The van der Waals surface area contributed by atoms with E-state index < -0.39 is 0 Å². The number of nitrogens with zero attached hydrogens (tertiary/aromatic N) is 2. The molecule has 4 nitrogen and oxygen atoms in total. The number of aryl methyl sites for hydroxylation is 1. The van der Waals surface area contributed by atoms with Gasteiger partial charge in [0.2, 0.25) is 5.91 Å². The van der Waals surface area contributed by atoms with Crippen LogP contribution in [0.3, 0.4) is 0 Å². The van der Waals surface area contributed by atoms with E-state index in [1.807, 2.05) is 49.5 Å². The van der Waals surface area contributed by atoms with E-state index >= 15 is 0 Å². The van der Waals surface area contributed by atoms with Gasteiger partial charge in [-0.3, -0.25) is 14.3 Å². The van der Waals surface area contributed by atoms with Gasteiger partial charge in [0.05, 0.1) is 17.5 Å². The van der Waals surface area contributed by atoms with Crippen molar-refractivity contribution in [3.63, 3.8) is 0 Å². The van der Waals surface area contributed by atoms with Gasteiger partial charge in [-0.25, -0.2) is 0 Å². The first-order chi connectivity index (χ1) is 12.2. The molecule has 1 aliphatic rings. The van der Waals surface area contributed by atoms with E-state index in [2.05, 4.69) is 16.4 Å². The number of carbonyl (C=O) groups is 1. The Labute approximate surface area is 147 Å². The Balaban J connectivity index is 1.76. The van der Waals surface area contributed by atoms with Crippen LogP contribution in [0.1, 0.15) is 27.9 Å². The number of nitrogens with one attached hydrogen (secondary N) is 1. The van der Waals surface area contributed by atoms with Crippen molar-refractivity contribution >= 4 is 22.5 Å². The molecule has 4 rings (SSSR count). The van der Waals surface area contributed by atoms with Crippen LogP contribution in [0.4, 0.5) is 0 Å². The fraction of sp³-hybridized carbons (Fsp3) is 0.238. The lowest BCUT2D eigenvalue weighted by Gasteiger charge is -2.12. The summed E-state index contributed by atoms with van der Waals surface area (Å²) in [5.41, 5.74) is 6.36. The highest BCUT2D eigenvalue weighted by Gasteiger charge is 2.18. The minimum atomic E-state index is 0.0769. The van der Waals surface area contributed by atoms with Crippen molar-refractivity contribution in [2.24, 2.45) is 0 Å². The van der Waals surface area contributed by atoms with Gasteiger partial charge in [-0.1, -0.05) is 30.3 Å². The zero-order chi connectivity index (χ0) is 17.2. The van der Waals surface area contributed by atoms with E-state index in [0.29, 0.717) is 6.42 Å². The summed E-state index contributed by atoms with van der Waals surface area (Å²) < 4.78 is 1.77. The molecule has 1 N–H and O–H groups in total. The Bertz CT molecular complexity index is 968. The van der Waals surface area contributed by atoms with E-state index in [1.54, 1.807) is 10.8 Å². The number of hydrogen-bond acceptors (Lipinski definition) is 3. The first kappa shape index (κ1) is 15.8. The molecule has 0 spiro atoms. The quantitative estimate of drug-likeness (QED) is 0.797. The second-order valence-corrected chi connectivity index (χ2v) is 6.46. The molecule has 0 aliphatic carbocycles. The van der Waals surface area contributed by atoms with Gasteiger partial charge in [0.15, 0.2) is 0 Å². The molecule has 0 saturated heterocycles. The number of rotatable bonds is 3. The maximum absolute atomic E-state index is 13.0. The zero-order valence-corrected chi connectivity index (χ0v) is 14.3. The van der Waals surface area contributed by atoms with Crippen LogP contribution in [0.25, 0.3) is 16.6 Å². The summed E-state index contributed by atoms with van der Waals surface area (Å²) in [4.78, 5) is 17.5. The lowest BCUT2D eigenvalue weighted by atomic mass is 10.0. The van der Waals surface area contributed by atoms with Crippen molar-refractivity contribution in [2.45, 2.75) is 19.8 Å². The van der Waals surface area contributed by atoms with Gasteiger partial charge in [-0.2, -0.15) is 0 Å². The lowest BCUT2D eigenvalue weighted by Crippen LogP contribution is -2.20. The Kier molecular flexibility index (Phi) is 4.20. The molecular weight excluding hydrogens is 310 g/mol. The standard InChI is InChI=1S/C21H21N3O/c1-15-5-2-3-6-17(15)13-20(25)24-14-18(16-8-11-22-12-9-16)21-19(24)7-4-10-23-21/h2-8,10,14,22H,9,11-13H2,1H3. The first-order valence-corrected chi connectivity index (χ1v) is 8.68. The van der Waals surface area contributed by atoms with Crippen LogP contribution >= 0.6 is 0 Å². The SMILES string of the molecule is Cc1ccccc1CC(=O)n1cc(C2=CCNCC2)c2ncccc21. The molecule has 25 heavy (non-hydrogen) atoms.